The lowest BCUT2D eigenvalue weighted by atomic mass is 10.2. The highest BCUT2D eigenvalue weighted by Gasteiger charge is 2.08. The zero-order valence-corrected chi connectivity index (χ0v) is 13.4. The van der Waals surface area contributed by atoms with Crippen LogP contribution in [-0.2, 0) is 11.8 Å². The fourth-order valence-electron chi connectivity index (χ4n) is 2.18. The van der Waals surface area contributed by atoms with Gasteiger partial charge < -0.3 is 10.1 Å². The van der Waals surface area contributed by atoms with Gasteiger partial charge in [-0.05, 0) is 46.8 Å². The summed E-state index contributed by atoms with van der Waals surface area (Å²) in [5.74, 6) is 0.829. The standard InChI is InChI=1S/C17H14N6O2/c1-23-17(20-21-22-23)13-3-2-4-14(9-13)19-16(24)11-25-15-7-5-12(10-18)6-8-15/h2-9H,11H2,1H3,(H,19,24). The van der Waals surface area contributed by atoms with E-state index in [4.69, 9.17) is 10.00 Å². The van der Waals surface area contributed by atoms with E-state index in [9.17, 15) is 4.79 Å². The second-order valence-electron chi connectivity index (χ2n) is 5.18. The summed E-state index contributed by atoms with van der Waals surface area (Å²) < 4.78 is 6.95. The molecule has 3 aromatic rings. The first-order valence-electron chi connectivity index (χ1n) is 7.41. The number of nitrogens with zero attached hydrogens (tertiary/aromatic N) is 5. The minimum Gasteiger partial charge on any atom is -0.484 e. The quantitative estimate of drug-likeness (QED) is 0.762. The van der Waals surface area contributed by atoms with Gasteiger partial charge in [-0.1, -0.05) is 12.1 Å². The molecular formula is C17H14N6O2. The van der Waals surface area contributed by atoms with Crippen LogP contribution in [0.1, 0.15) is 5.56 Å². The maximum atomic E-state index is 12.0. The molecule has 0 atom stereocenters. The van der Waals surface area contributed by atoms with Crippen LogP contribution in [0.25, 0.3) is 11.4 Å². The number of ether oxygens (including phenoxy) is 1. The summed E-state index contributed by atoms with van der Waals surface area (Å²) in [6.07, 6.45) is 0. The Morgan fingerprint density at radius 1 is 1.28 bits per heavy atom. The Hall–Kier alpha value is -3.73. The maximum Gasteiger partial charge on any atom is 0.262 e. The summed E-state index contributed by atoms with van der Waals surface area (Å²) in [5.41, 5.74) is 1.94. The fraction of sp³-hybridized carbons (Fsp3) is 0.118. The second kappa shape index (κ2) is 7.23. The number of tetrazole rings is 1. The van der Waals surface area contributed by atoms with Crippen molar-refractivity contribution in [2.24, 2.45) is 7.05 Å². The van der Waals surface area contributed by atoms with Gasteiger partial charge in [-0.15, -0.1) is 5.10 Å². The Bertz CT molecular complexity index is 927. The van der Waals surface area contributed by atoms with Crippen LogP contribution in [0.2, 0.25) is 0 Å². The van der Waals surface area contributed by atoms with Crippen molar-refractivity contribution in [1.82, 2.24) is 20.2 Å². The molecule has 25 heavy (non-hydrogen) atoms. The van der Waals surface area contributed by atoms with Crippen molar-refractivity contribution < 1.29 is 9.53 Å². The molecule has 1 aromatic heterocycles. The highest BCUT2D eigenvalue weighted by atomic mass is 16.5. The lowest BCUT2D eigenvalue weighted by Gasteiger charge is -2.08. The fourth-order valence-corrected chi connectivity index (χ4v) is 2.18. The van der Waals surface area contributed by atoms with Gasteiger partial charge in [-0.2, -0.15) is 5.26 Å². The molecule has 0 bridgehead atoms. The molecule has 3 rings (SSSR count). The van der Waals surface area contributed by atoms with Crippen molar-refractivity contribution in [2.75, 3.05) is 11.9 Å². The van der Waals surface area contributed by atoms with Crippen LogP contribution in [0.3, 0.4) is 0 Å². The number of nitrogens with one attached hydrogen (secondary N) is 1. The highest BCUT2D eigenvalue weighted by Crippen LogP contribution is 2.19. The lowest BCUT2D eigenvalue weighted by Crippen LogP contribution is -2.20. The number of hydrogen-bond acceptors (Lipinski definition) is 6. The first kappa shape index (κ1) is 16.1. The van der Waals surface area contributed by atoms with Gasteiger partial charge in [-0.25, -0.2) is 4.68 Å². The number of carbonyl (C=O) groups is 1. The van der Waals surface area contributed by atoms with Crippen LogP contribution in [0.15, 0.2) is 48.5 Å². The van der Waals surface area contributed by atoms with Crippen LogP contribution in [-0.4, -0.2) is 32.7 Å². The molecule has 0 fully saturated rings. The third kappa shape index (κ3) is 3.97. The van der Waals surface area contributed by atoms with Gasteiger partial charge in [0, 0.05) is 18.3 Å². The lowest BCUT2D eigenvalue weighted by molar-refractivity contribution is -0.118. The van der Waals surface area contributed by atoms with Gasteiger partial charge in [0.15, 0.2) is 12.4 Å². The number of hydrogen-bond donors (Lipinski definition) is 1. The highest BCUT2D eigenvalue weighted by molar-refractivity contribution is 5.92. The van der Waals surface area contributed by atoms with Gasteiger partial charge in [0.05, 0.1) is 11.6 Å². The summed E-state index contributed by atoms with van der Waals surface area (Å²) in [5, 5.41) is 22.8. The van der Waals surface area contributed by atoms with Gasteiger partial charge in [0.2, 0.25) is 0 Å². The zero-order chi connectivity index (χ0) is 17.6. The van der Waals surface area contributed by atoms with E-state index in [-0.39, 0.29) is 12.5 Å². The monoisotopic (exact) mass is 334 g/mol. The molecule has 1 N–H and O–H groups in total. The number of amides is 1. The molecule has 0 spiro atoms. The molecule has 0 saturated heterocycles. The first-order chi connectivity index (χ1) is 12.2. The number of anilines is 1. The van der Waals surface area contributed by atoms with Crippen LogP contribution in [0.5, 0.6) is 5.75 Å². The number of rotatable bonds is 5. The smallest absolute Gasteiger partial charge is 0.262 e. The number of nitriles is 1. The van der Waals surface area contributed by atoms with E-state index in [1.165, 1.54) is 0 Å². The SMILES string of the molecule is Cn1nnnc1-c1cccc(NC(=O)COc2ccc(C#N)cc2)c1. The van der Waals surface area contributed by atoms with Crippen molar-refractivity contribution in [2.45, 2.75) is 0 Å². The third-order valence-corrected chi connectivity index (χ3v) is 3.38. The van der Waals surface area contributed by atoms with E-state index >= 15 is 0 Å². The first-order valence-corrected chi connectivity index (χ1v) is 7.41. The van der Waals surface area contributed by atoms with E-state index in [1.807, 2.05) is 12.1 Å². The Labute approximate surface area is 143 Å². The summed E-state index contributed by atoms with van der Waals surface area (Å²) in [7, 11) is 1.74. The predicted molar refractivity (Wildman–Crippen MR) is 89.5 cm³/mol. The molecule has 0 aliphatic carbocycles. The molecule has 1 heterocycles. The summed E-state index contributed by atoms with van der Waals surface area (Å²) >= 11 is 0. The minimum absolute atomic E-state index is 0.137. The average Bonchev–Trinajstić information content (AvgIpc) is 3.06. The van der Waals surface area contributed by atoms with Crippen molar-refractivity contribution in [3.63, 3.8) is 0 Å². The predicted octanol–water partition coefficient (Wildman–Crippen LogP) is 1.77. The summed E-state index contributed by atoms with van der Waals surface area (Å²) in [6, 6.07) is 15.8. The van der Waals surface area contributed by atoms with Gasteiger partial charge in [-0.3, -0.25) is 4.79 Å². The molecule has 0 saturated carbocycles. The van der Waals surface area contributed by atoms with Crippen LogP contribution >= 0.6 is 0 Å². The summed E-state index contributed by atoms with van der Waals surface area (Å²) in [6.45, 7) is -0.137. The molecule has 0 aliphatic heterocycles. The summed E-state index contributed by atoms with van der Waals surface area (Å²) in [4.78, 5) is 12.0. The Kier molecular flexibility index (Phi) is 4.67. The van der Waals surface area contributed by atoms with E-state index < -0.39 is 0 Å². The molecule has 0 radical (unpaired) electrons. The van der Waals surface area contributed by atoms with E-state index in [1.54, 1.807) is 54.2 Å². The minimum atomic E-state index is -0.294. The van der Waals surface area contributed by atoms with Crippen LogP contribution in [0.4, 0.5) is 5.69 Å². The molecule has 1 amide bonds. The number of benzene rings is 2. The topological polar surface area (TPSA) is 106 Å². The Morgan fingerprint density at radius 3 is 2.76 bits per heavy atom. The van der Waals surface area contributed by atoms with Gasteiger partial charge >= 0.3 is 0 Å². The molecule has 2 aromatic carbocycles. The maximum absolute atomic E-state index is 12.0. The molecular weight excluding hydrogens is 320 g/mol. The van der Waals surface area contributed by atoms with Crippen molar-refractivity contribution in [3.8, 4) is 23.2 Å². The molecule has 0 unspecified atom stereocenters. The van der Waals surface area contributed by atoms with Crippen LogP contribution in [0, 0.1) is 11.3 Å². The molecule has 0 aliphatic rings. The second-order valence-corrected chi connectivity index (χ2v) is 5.18. The third-order valence-electron chi connectivity index (χ3n) is 3.38. The number of aromatic nitrogens is 4. The number of aryl methyl sites for hydroxylation is 1. The van der Waals surface area contributed by atoms with Gasteiger partial charge in [0.1, 0.15) is 5.75 Å². The normalized spacial score (nSPS) is 10.1. The van der Waals surface area contributed by atoms with Crippen LogP contribution < -0.4 is 10.1 Å². The largest absolute Gasteiger partial charge is 0.484 e. The molecule has 124 valence electrons. The van der Waals surface area contributed by atoms with Crippen molar-refractivity contribution in [3.05, 3.63) is 54.1 Å². The average molecular weight is 334 g/mol. The van der Waals surface area contributed by atoms with E-state index in [0.29, 0.717) is 22.8 Å². The molecule has 8 nitrogen and oxygen atoms in total. The Balaban J connectivity index is 1.61. The van der Waals surface area contributed by atoms with Crippen molar-refractivity contribution in [1.29, 1.82) is 5.26 Å². The van der Waals surface area contributed by atoms with Gasteiger partial charge in [0.25, 0.3) is 5.91 Å². The Morgan fingerprint density at radius 2 is 2.08 bits per heavy atom. The number of carbonyl (C=O) groups excluding carboxylic acids is 1. The van der Waals surface area contributed by atoms with E-state index in [0.717, 1.165) is 5.56 Å². The van der Waals surface area contributed by atoms with E-state index in [2.05, 4.69) is 20.8 Å². The van der Waals surface area contributed by atoms with Crippen molar-refractivity contribution >= 4 is 11.6 Å². The zero-order valence-electron chi connectivity index (χ0n) is 13.4. The molecule has 8 heteroatoms.